The number of carbonyl (C=O) groups excluding carboxylic acids is 2. The summed E-state index contributed by atoms with van der Waals surface area (Å²) in [5.41, 5.74) is 2.36. The van der Waals surface area contributed by atoms with Crippen molar-refractivity contribution >= 4 is 28.7 Å². The van der Waals surface area contributed by atoms with Gasteiger partial charge in [0.15, 0.2) is 5.82 Å². The molecule has 190 valence electrons. The minimum Gasteiger partial charge on any atom is -0.481 e. The van der Waals surface area contributed by atoms with Crippen LogP contribution < -0.4 is 15.6 Å². The second-order valence-corrected chi connectivity index (χ2v) is 8.40. The highest BCUT2D eigenvalue weighted by molar-refractivity contribution is 6.01. The zero-order valence-corrected chi connectivity index (χ0v) is 20.5. The van der Waals surface area contributed by atoms with E-state index >= 15 is 0 Å². The maximum absolute atomic E-state index is 13.3. The lowest BCUT2D eigenvalue weighted by Crippen LogP contribution is -2.32. The summed E-state index contributed by atoms with van der Waals surface area (Å²) in [4.78, 5) is 51.5. The summed E-state index contributed by atoms with van der Waals surface area (Å²) >= 11 is 0. The standard InChI is InChI=1S/C25H30N6O5/c1-3-12-36-13-11-30-20-14-18(17-5-6-21(35-2)28-15-17)27-16-19(20)29-24(25(30)34)26-9-4-10-31-22(32)7-8-23(31)33/h5-6,14-16H,3-4,7-13H2,1-2H3,(H,26,29). The molecule has 0 aromatic carbocycles. The topological polar surface area (TPSA) is 129 Å². The number of methoxy groups -OCH3 is 1. The van der Waals surface area contributed by atoms with E-state index in [0.717, 1.165) is 12.0 Å². The van der Waals surface area contributed by atoms with Crippen molar-refractivity contribution in [1.29, 1.82) is 0 Å². The van der Waals surface area contributed by atoms with Crippen LogP contribution in [-0.4, -0.2) is 69.6 Å². The van der Waals surface area contributed by atoms with Crippen molar-refractivity contribution in [2.75, 3.05) is 38.7 Å². The lowest BCUT2D eigenvalue weighted by atomic mass is 10.2. The fourth-order valence-corrected chi connectivity index (χ4v) is 4.01. The second-order valence-electron chi connectivity index (χ2n) is 8.40. The number of amides is 2. The highest BCUT2D eigenvalue weighted by Gasteiger charge is 2.28. The van der Waals surface area contributed by atoms with E-state index in [1.54, 1.807) is 30.1 Å². The number of pyridine rings is 2. The number of aromatic nitrogens is 4. The molecule has 3 aromatic heterocycles. The first-order valence-corrected chi connectivity index (χ1v) is 12.1. The summed E-state index contributed by atoms with van der Waals surface area (Å²) in [7, 11) is 1.55. The molecule has 0 unspecified atom stereocenters. The summed E-state index contributed by atoms with van der Waals surface area (Å²) in [6, 6.07) is 5.43. The number of hydrogen-bond donors (Lipinski definition) is 1. The van der Waals surface area contributed by atoms with Gasteiger partial charge in [0.25, 0.3) is 5.56 Å². The summed E-state index contributed by atoms with van der Waals surface area (Å²) in [5, 5.41) is 3.07. The summed E-state index contributed by atoms with van der Waals surface area (Å²) in [6.07, 6.45) is 5.23. The van der Waals surface area contributed by atoms with E-state index in [4.69, 9.17) is 9.47 Å². The van der Waals surface area contributed by atoms with Crippen LogP contribution in [-0.2, 0) is 20.9 Å². The van der Waals surface area contributed by atoms with E-state index in [-0.39, 0.29) is 36.0 Å². The molecule has 1 aliphatic heterocycles. The van der Waals surface area contributed by atoms with Crippen LogP contribution in [0.1, 0.15) is 32.6 Å². The van der Waals surface area contributed by atoms with Gasteiger partial charge in [0.2, 0.25) is 17.7 Å². The average Bonchev–Trinajstić information content (AvgIpc) is 3.22. The highest BCUT2D eigenvalue weighted by atomic mass is 16.5. The monoisotopic (exact) mass is 494 g/mol. The molecule has 0 radical (unpaired) electrons. The van der Waals surface area contributed by atoms with E-state index in [1.807, 2.05) is 19.1 Å². The van der Waals surface area contributed by atoms with Gasteiger partial charge in [-0.15, -0.1) is 0 Å². The van der Waals surface area contributed by atoms with Crippen molar-refractivity contribution in [3.05, 3.63) is 40.9 Å². The molecule has 4 rings (SSSR count). The highest BCUT2D eigenvalue weighted by Crippen LogP contribution is 2.22. The summed E-state index contributed by atoms with van der Waals surface area (Å²) in [5.74, 6) is 0.400. The van der Waals surface area contributed by atoms with Gasteiger partial charge >= 0.3 is 0 Å². The van der Waals surface area contributed by atoms with Crippen molar-refractivity contribution in [2.45, 2.75) is 39.2 Å². The number of nitrogens with zero attached hydrogens (tertiary/aromatic N) is 5. The van der Waals surface area contributed by atoms with Crippen LogP contribution in [0.15, 0.2) is 35.4 Å². The van der Waals surface area contributed by atoms with Crippen LogP contribution >= 0.6 is 0 Å². The number of rotatable bonds is 12. The van der Waals surface area contributed by atoms with Gasteiger partial charge in [0.1, 0.15) is 5.52 Å². The van der Waals surface area contributed by atoms with Crippen molar-refractivity contribution in [3.8, 4) is 17.1 Å². The molecule has 0 spiro atoms. The SMILES string of the molecule is CCCOCCn1c(=O)c(NCCCN2C(=O)CCC2=O)nc2cnc(-c3ccc(OC)nc3)cc21. The van der Waals surface area contributed by atoms with Gasteiger partial charge in [-0.2, -0.15) is 0 Å². The Morgan fingerprint density at radius 1 is 1.03 bits per heavy atom. The van der Waals surface area contributed by atoms with Crippen molar-refractivity contribution in [1.82, 2.24) is 24.4 Å². The molecule has 11 heteroatoms. The number of anilines is 1. The molecule has 2 amide bonds. The number of carbonyl (C=O) groups is 2. The van der Waals surface area contributed by atoms with Gasteiger partial charge in [-0.05, 0) is 25.0 Å². The quantitative estimate of drug-likeness (QED) is 0.298. The Morgan fingerprint density at radius 2 is 1.83 bits per heavy atom. The molecule has 1 aliphatic rings. The fraction of sp³-hybridized carbons (Fsp3) is 0.440. The number of nitrogens with one attached hydrogen (secondary N) is 1. The van der Waals surface area contributed by atoms with Crippen molar-refractivity contribution in [2.24, 2.45) is 0 Å². The van der Waals surface area contributed by atoms with Gasteiger partial charge in [0.05, 0.1) is 31.1 Å². The van der Waals surface area contributed by atoms with Gasteiger partial charge in [-0.25, -0.2) is 9.97 Å². The molecule has 3 aromatic rings. The average molecular weight is 495 g/mol. The van der Waals surface area contributed by atoms with Crippen LogP contribution in [0.3, 0.4) is 0 Å². The molecule has 1 N–H and O–H groups in total. The number of ether oxygens (including phenoxy) is 2. The van der Waals surface area contributed by atoms with Crippen LogP contribution in [0.4, 0.5) is 5.82 Å². The van der Waals surface area contributed by atoms with Crippen LogP contribution in [0.2, 0.25) is 0 Å². The molecule has 1 fully saturated rings. The smallest absolute Gasteiger partial charge is 0.293 e. The fourth-order valence-electron chi connectivity index (χ4n) is 4.01. The molecule has 0 bridgehead atoms. The Kier molecular flexibility index (Phi) is 8.21. The zero-order valence-electron chi connectivity index (χ0n) is 20.5. The van der Waals surface area contributed by atoms with Crippen LogP contribution in [0, 0.1) is 0 Å². The van der Waals surface area contributed by atoms with Gasteiger partial charge < -0.3 is 19.4 Å². The van der Waals surface area contributed by atoms with E-state index in [2.05, 4.69) is 20.3 Å². The van der Waals surface area contributed by atoms with Crippen molar-refractivity contribution in [3.63, 3.8) is 0 Å². The minimum atomic E-state index is -0.277. The Morgan fingerprint density at radius 3 is 2.53 bits per heavy atom. The number of likely N-dealkylation sites (tertiary alicyclic amines) is 1. The van der Waals surface area contributed by atoms with E-state index in [0.29, 0.717) is 61.9 Å². The third kappa shape index (κ3) is 5.68. The zero-order chi connectivity index (χ0) is 25.5. The largest absolute Gasteiger partial charge is 0.481 e. The predicted octanol–water partition coefficient (Wildman–Crippen LogP) is 2.24. The third-order valence-corrected chi connectivity index (χ3v) is 5.89. The predicted molar refractivity (Wildman–Crippen MR) is 134 cm³/mol. The number of hydrogen-bond acceptors (Lipinski definition) is 9. The molecular formula is C25H30N6O5. The molecule has 4 heterocycles. The first-order chi connectivity index (χ1) is 17.5. The Balaban J connectivity index is 1.57. The van der Waals surface area contributed by atoms with Gasteiger partial charge in [-0.3, -0.25) is 24.3 Å². The summed E-state index contributed by atoms with van der Waals surface area (Å²) in [6.45, 7) is 4.08. The lowest BCUT2D eigenvalue weighted by molar-refractivity contribution is -0.138. The lowest BCUT2D eigenvalue weighted by Gasteiger charge is -2.16. The minimum absolute atomic E-state index is 0.146. The first kappa shape index (κ1) is 25.2. The molecule has 11 nitrogen and oxygen atoms in total. The number of fused-ring (bicyclic) bond motifs is 1. The molecular weight excluding hydrogens is 464 g/mol. The van der Waals surface area contributed by atoms with Gasteiger partial charge in [0, 0.05) is 56.9 Å². The number of imide groups is 1. The third-order valence-electron chi connectivity index (χ3n) is 5.89. The second kappa shape index (κ2) is 11.7. The van der Waals surface area contributed by atoms with Gasteiger partial charge in [-0.1, -0.05) is 6.92 Å². The Hall–Kier alpha value is -3.86. The van der Waals surface area contributed by atoms with Crippen LogP contribution in [0.25, 0.3) is 22.3 Å². The van der Waals surface area contributed by atoms with Crippen molar-refractivity contribution < 1.29 is 19.1 Å². The normalized spacial score (nSPS) is 13.6. The van der Waals surface area contributed by atoms with Crippen LogP contribution in [0.5, 0.6) is 5.88 Å². The molecule has 0 atom stereocenters. The van der Waals surface area contributed by atoms with E-state index < -0.39 is 0 Å². The Labute approximate surface area is 208 Å². The maximum atomic E-state index is 13.3. The first-order valence-electron chi connectivity index (χ1n) is 12.1. The molecule has 0 aliphatic carbocycles. The summed E-state index contributed by atoms with van der Waals surface area (Å²) < 4.78 is 12.4. The van der Waals surface area contributed by atoms with E-state index in [9.17, 15) is 14.4 Å². The molecule has 36 heavy (non-hydrogen) atoms. The van der Waals surface area contributed by atoms with E-state index in [1.165, 1.54) is 4.90 Å². The molecule has 1 saturated heterocycles. The Bertz CT molecular complexity index is 1270. The molecule has 0 saturated carbocycles. The maximum Gasteiger partial charge on any atom is 0.293 e.